The molecule has 0 saturated carbocycles. The van der Waals surface area contributed by atoms with Gasteiger partial charge in [0, 0.05) is 15.9 Å². The minimum atomic E-state index is -0.328. The predicted octanol–water partition coefficient (Wildman–Crippen LogP) is 4.50. The van der Waals surface area contributed by atoms with Crippen LogP contribution in [0.1, 0.15) is 29.7 Å². The molecule has 134 valence electrons. The maximum atomic E-state index is 13.1. The highest BCUT2D eigenvalue weighted by molar-refractivity contribution is 9.10. The third kappa shape index (κ3) is 3.97. The van der Waals surface area contributed by atoms with Crippen molar-refractivity contribution in [2.45, 2.75) is 26.8 Å². The molecule has 26 heavy (non-hydrogen) atoms. The number of anilines is 1. The Labute approximate surface area is 167 Å². The Morgan fingerprint density at radius 1 is 1.12 bits per heavy atom. The molecule has 1 heterocycles. The summed E-state index contributed by atoms with van der Waals surface area (Å²) in [6, 6.07) is 13.5. The van der Waals surface area contributed by atoms with Crippen molar-refractivity contribution in [1.82, 2.24) is 10.6 Å². The van der Waals surface area contributed by atoms with Gasteiger partial charge in [-0.05, 0) is 67.9 Å². The number of hydrogen-bond donors (Lipinski definition) is 3. The number of amides is 1. The number of allylic oxidation sites excluding steroid dienone is 1. The zero-order valence-electron chi connectivity index (χ0n) is 14.8. The maximum Gasteiger partial charge on any atom is 0.255 e. The largest absolute Gasteiger partial charge is 0.351 e. The Hall–Kier alpha value is -2.18. The topological polar surface area (TPSA) is 53.2 Å². The summed E-state index contributed by atoms with van der Waals surface area (Å²) in [6.45, 7) is 5.89. The highest BCUT2D eigenvalue weighted by Gasteiger charge is 2.31. The van der Waals surface area contributed by atoms with Crippen LogP contribution in [0.4, 0.5) is 5.69 Å². The first-order valence-electron chi connectivity index (χ1n) is 8.27. The molecule has 1 amide bonds. The first-order valence-corrected chi connectivity index (χ1v) is 9.47. The Morgan fingerprint density at radius 3 is 2.42 bits per heavy atom. The lowest BCUT2D eigenvalue weighted by Crippen LogP contribution is -2.45. The molecular formula is C20H20BrN3OS. The van der Waals surface area contributed by atoms with Gasteiger partial charge in [-0.3, -0.25) is 4.79 Å². The number of nitrogens with one attached hydrogen (secondary N) is 3. The van der Waals surface area contributed by atoms with Crippen LogP contribution in [-0.2, 0) is 4.79 Å². The Kier molecular flexibility index (Phi) is 5.44. The number of benzene rings is 2. The van der Waals surface area contributed by atoms with Gasteiger partial charge in [-0.2, -0.15) is 0 Å². The van der Waals surface area contributed by atoms with Gasteiger partial charge in [-0.15, -0.1) is 0 Å². The maximum absolute atomic E-state index is 13.1. The van der Waals surface area contributed by atoms with Crippen LogP contribution in [0.3, 0.4) is 0 Å². The van der Waals surface area contributed by atoms with Crippen LogP contribution in [0.2, 0.25) is 0 Å². The molecule has 0 radical (unpaired) electrons. The van der Waals surface area contributed by atoms with E-state index in [1.54, 1.807) is 0 Å². The average Bonchev–Trinajstić information content (AvgIpc) is 2.53. The van der Waals surface area contributed by atoms with Gasteiger partial charge in [-0.25, -0.2) is 0 Å². The zero-order valence-corrected chi connectivity index (χ0v) is 17.2. The monoisotopic (exact) mass is 429 g/mol. The van der Waals surface area contributed by atoms with Gasteiger partial charge in [0.2, 0.25) is 0 Å². The second-order valence-corrected chi connectivity index (χ2v) is 7.68. The van der Waals surface area contributed by atoms with Crippen LogP contribution in [-0.4, -0.2) is 11.0 Å². The van der Waals surface area contributed by atoms with E-state index >= 15 is 0 Å². The lowest BCUT2D eigenvalue weighted by Gasteiger charge is -2.31. The normalized spacial score (nSPS) is 16.8. The molecule has 0 spiro atoms. The molecule has 4 nitrogen and oxygen atoms in total. The summed E-state index contributed by atoms with van der Waals surface area (Å²) in [6.07, 6.45) is 0. The molecule has 6 heteroatoms. The number of thiocarbonyl (C=S) groups is 1. The summed E-state index contributed by atoms with van der Waals surface area (Å²) in [5.74, 6) is -0.157. The fraction of sp³-hybridized carbons (Fsp3) is 0.200. The van der Waals surface area contributed by atoms with E-state index < -0.39 is 0 Å². The number of halogens is 1. The van der Waals surface area contributed by atoms with Gasteiger partial charge >= 0.3 is 0 Å². The standard InChI is InChI=1S/C20H20BrN3OS/c1-11-8-12(2)10-14(9-11)23-19(25)17-13(3)22-20(26)24-18(17)15-6-4-5-7-16(15)21/h4-10,18H,1-3H3,(H,23,25)(H2,22,24,26)/t18-/m0/s1. The van der Waals surface area contributed by atoms with E-state index in [1.807, 2.05) is 57.2 Å². The van der Waals surface area contributed by atoms with Gasteiger partial charge in [0.1, 0.15) is 0 Å². The zero-order chi connectivity index (χ0) is 18.8. The minimum Gasteiger partial charge on any atom is -0.351 e. The second kappa shape index (κ2) is 7.60. The summed E-state index contributed by atoms with van der Waals surface area (Å²) >= 11 is 8.88. The van der Waals surface area contributed by atoms with E-state index in [-0.39, 0.29) is 11.9 Å². The fourth-order valence-electron chi connectivity index (χ4n) is 3.18. The van der Waals surface area contributed by atoms with E-state index in [0.717, 1.165) is 32.5 Å². The lowest BCUT2D eigenvalue weighted by molar-refractivity contribution is -0.113. The number of carbonyl (C=O) groups excluding carboxylic acids is 1. The van der Waals surface area contributed by atoms with Gasteiger partial charge in [0.05, 0.1) is 11.6 Å². The van der Waals surface area contributed by atoms with Gasteiger partial charge in [0.25, 0.3) is 5.91 Å². The van der Waals surface area contributed by atoms with E-state index in [0.29, 0.717) is 10.7 Å². The first kappa shape index (κ1) is 18.6. The van der Waals surface area contributed by atoms with Crippen LogP contribution >= 0.6 is 28.1 Å². The SMILES string of the molecule is CC1=C(C(=O)Nc2cc(C)cc(C)c2)[C@H](c2ccccc2Br)NC(=S)N1. The molecule has 0 bridgehead atoms. The summed E-state index contributed by atoms with van der Waals surface area (Å²) in [7, 11) is 0. The molecule has 0 fully saturated rings. The molecule has 1 atom stereocenters. The fourth-order valence-corrected chi connectivity index (χ4v) is 3.97. The molecular weight excluding hydrogens is 410 g/mol. The van der Waals surface area contributed by atoms with Crippen molar-refractivity contribution in [2.24, 2.45) is 0 Å². The summed E-state index contributed by atoms with van der Waals surface area (Å²) in [4.78, 5) is 13.1. The van der Waals surface area contributed by atoms with Gasteiger partial charge < -0.3 is 16.0 Å². The van der Waals surface area contributed by atoms with Crippen LogP contribution in [0.5, 0.6) is 0 Å². The predicted molar refractivity (Wildman–Crippen MR) is 113 cm³/mol. The van der Waals surface area contributed by atoms with E-state index in [1.165, 1.54) is 0 Å². The van der Waals surface area contributed by atoms with E-state index in [2.05, 4.69) is 37.9 Å². The molecule has 3 rings (SSSR count). The highest BCUT2D eigenvalue weighted by Crippen LogP contribution is 2.32. The first-order chi connectivity index (χ1) is 12.3. The number of aryl methyl sites for hydroxylation is 2. The molecule has 2 aromatic carbocycles. The smallest absolute Gasteiger partial charge is 0.255 e. The van der Waals surface area contributed by atoms with Crippen LogP contribution in [0.15, 0.2) is 58.2 Å². The van der Waals surface area contributed by atoms with E-state index in [9.17, 15) is 4.79 Å². The van der Waals surface area contributed by atoms with Gasteiger partial charge in [-0.1, -0.05) is 40.2 Å². The molecule has 0 aliphatic carbocycles. The highest BCUT2D eigenvalue weighted by atomic mass is 79.9. The average molecular weight is 430 g/mol. The Bertz CT molecular complexity index is 903. The lowest BCUT2D eigenvalue weighted by atomic mass is 9.95. The molecule has 0 unspecified atom stereocenters. The van der Waals surface area contributed by atoms with Crippen molar-refractivity contribution in [3.63, 3.8) is 0 Å². The van der Waals surface area contributed by atoms with Crippen LogP contribution in [0, 0.1) is 13.8 Å². The van der Waals surface area contributed by atoms with Crippen LogP contribution < -0.4 is 16.0 Å². The molecule has 2 aromatic rings. The molecule has 1 aliphatic rings. The molecule has 1 aliphatic heterocycles. The van der Waals surface area contributed by atoms with Crippen molar-refractivity contribution >= 4 is 44.9 Å². The molecule has 0 saturated heterocycles. The summed E-state index contributed by atoms with van der Waals surface area (Å²) < 4.78 is 0.923. The second-order valence-electron chi connectivity index (χ2n) is 6.42. The number of hydrogen-bond acceptors (Lipinski definition) is 2. The quantitative estimate of drug-likeness (QED) is 0.628. The van der Waals surface area contributed by atoms with Crippen molar-refractivity contribution in [3.05, 3.63) is 74.9 Å². The minimum absolute atomic E-state index is 0.157. The van der Waals surface area contributed by atoms with Crippen molar-refractivity contribution < 1.29 is 4.79 Å². The van der Waals surface area contributed by atoms with Crippen LogP contribution in [0.25, 0.3) is 0 Å². The van der Waals surface area contributed by atoms with E-state index in [4.69, 9.17) is 12.2 Å². The molecule has 0 aromatic heterocycles. The van der Waals surface area contributed by atoms with Gasteiger partial charge in [0.15, 0.2) is 5.11 Å². The number of carbonyl (C=O) groups is 1. The van der Waals surface area contributed by atoms with Crippen molar-refractivity contribution in [1.29, 1.82) is 0 Å². The Balaban J connectivity index is 1.98. The third-order valence-electron chi connectivity index (χ3n) is 4.21. The van der Waals surface area contributed by atoms with Crippen molar-refractivity contribution in [3.8, 4) is 0 Å². The number of rotatable bonds is 3. The summed E-state index contributed by atoms with van der Waals surface area (Å²) in [5, 5.41) is 9.80. The third-order valence-corrected chi connectivity index (χ3v) is 5.15. The van der Waals surface area contributed by atoms with Crippen molar-refractivity contribution in [2.75, 3.05) is 5.32 Å². The summed E-state index contributed by atoms with van der Waals surface area (Å²) in [5.41, 5.74) is 5.32. The molecule has 3 N–H and O–H groups in total. The Morgan fingerprint density at radius 2 is 1.77 bits per heavy atom.